The second kappa shape index (κ2) is 15.1. The number of rotatable bonds is 14. The molecule has 0 aromatic carbocycles. The highest BCUT2D eigenvalue weighted by Crippen LogP contribution is 2.31. The van der Waals surface area contributed by atoms with Crippen molar-refractivity contribution in [3.63, 3.8) is 0 Å². The molecule has 0 fully saturated rings. The Labute approximate surface area is 178 Å². The van der Waals surface area contributed by atoms with Crippen molar-refractivity contribution in [3.05, 3.63) is 32.6 Å². The average Bonchev–Trinajstić information content (AvgIpc) is 2.58. The summed E-state index contributed by atoms with van der Waals surface area (Å²) in [6, 6.07) is 0. The number of allylic oxidation sites excluding steroid dienone is 3. The normalized spacial score (nSPS) is 15.5. The Morgan fingerprint density at radius 1 is 0.923 bits per heavy atom. The van der Waals surface area contributed by atoms with Gasteiger partial charge in [-0.2, -0.15) is 0 Å². The van der Waals surface area contributed by atoms with Gasteiger partial charge in [0.25, 0.3) is 0 Å². The molecule has 1 N–H and O–H groups in total. The van der Waals surface area contributed by atoms with Gasteiger partial charge in [0.15, 0.2) is 0 Å². The van der Waals surface area contributed by atoms with E-state index in [0.717, 1.165) is 12.8 Å². The van der Waals surface area contributed by atoms with Crippen LogP contribution in [0.5, 0.6) is 0 Å². The van der Waals surface area contributed by atoms with Crippen molar-refractivity contribution in [1.82, 2.24) is 0 Å². The maximum atomic E-state index is 10.6. The van der Waals surface area contributed by atoms with Crippen LogP contribution in [0.2, 0.25) is 19.6 Å². The van der Waals surface area contributed by atoms with Gasteiger partial charge < -0.3 is 5.11 Å². The highest BCUT2D eigenvalue weighted by molar-refractivity contribution is 14.1. The molecule has 1 nitrogen and oxygen atoms in total. The van der Waals surface area contributed by atoms with Crippen LogP contribution in [0.4, 0.5) is 0 Å². The standard InChI is InChI=1S/C23H43IOSi/c1-7-10-12-14-17-20(22(25)16-9-3)19-21(18-15-13-11-8-2)23(24)26(4,5)6/h9,16,19,22,25H,7-8,10-15,17-18H2,1-6H3/b16-9+,20-19-,23-21+. The van der Waals surface area contributed by atoms with Gasteiger partial charge in [0.1, 0.15) is 0 Å². The summed E-state index contributed by atoms with van der Waals surface area (Å²) in [6.45, 7) is 13.8. The first-order valence-corrected chi connectivity index (χ1v) is 15.3. The van der Waals surface area contributed by atoms with Gasteiger partial charge >= 0.3 is 0 Å². The zero-order valence-corrected chi connectivity index (χ0v) is 21.4. The fourth-order valence-electron chi connectivity index (χ4n) is 3.06. The monoisotopic (exact) mass is 490 g/mol. The molecular formula is C23H43IOSi. The first kappa shape index (κ1) is 26.1. The minimum absolute atomic E-state index is 0.432. The maximum Gasteiger partial charge on any atom is 0.0934 e. The lowest BCUT2D eigenvalue weighted by Crippen LogP contribution is -2.22. The molecule has 0 bridgehead atoms. The van der Waals surface area contributed by atoms with E-state index in [2.05, 4.69) is 62.2 Å². The Balaban J connectivity index is 5.49. The van der Waals surface area contributed by atoms with Crippen molar-refractivity contribution in [2.45, 2.75) is 111 Å². The summed E-state index contributed by atoms with van der Waals surface area (Å²) in [5.74, 6) is 0. The van der Waals surface area contributed by atoms with Crippen molar-refractivity contribution in [2.75, 3.05) is 0 Å². The van der Waals surface area contributed by atoms with E-state index in [1.807, 2.05) is 19.1 Å². The zero-order chi connectivity index (χ0) is 20.0. The first-order chi connectivity index (χ1) is 12.3. The highest BCUT2D eigenvalue weighted by atomic mass is 127. The largest absolute Gasteiger partial charge is 0.385 e. The van der Waals surface area contributed by atoms with Crippen LogP contribution in [0.3, 0.4) is 0 Å². The van der Waals surface area contributed by atoms with E-state index in [9.17, 15) is 5.11 Å². The summed E-state index contributed by atoms with van der Waals surface area (Å²) in [7, 11) is -1.33. The molecule has 26 heavy (non-hydrogen) atoms. The molecule has 0 radical (unpaired) electrons. The number of hydrogen-bond donors (Lipinski definition) is 1. The summed E-state index contributed by atoms with van der Waals surface area (Å²) in [6.07, 6.45) is 18.2. The van der Waals surface area contributed by atoms with Gasteiger partial charge in [0.05, 0.1) is 14.2 Å². The Morgan fingerprint density at radius 3 is 1.92 bits per heavy atom. The lowest BCUT2D eigenvalue weighted by molar-refractivity contribution is 0.253. The molecular weight excluding hydrogens is 447 g/mol. The number of unbranched alkanes of at least 4 members (excludes halogenated alkanes) is 6. The molecule has 0 aliphatic rings. The van der Waals surface area contributed by atoms with Crippen LogP contribution in [0.1, 0.15) is 85.0 Å². The molecule has 0 saturated carbocycles. The second-order valence-corrected chi connectivity index (χ2v) is 15.5. The van der Waals surface area contributed by atoms with Crippen LogP contribution in [0.15, 0.2) is 32.6 Å². The lowest BCUT2D eigenvalue weighted by Gasteiger charge is -2.21. The minimum Gasteiger partial charge on any atom is -0.385 e. The van der Waals surface area contributed by atoms with Crippen molar-refractivity contribution >= 4 is 30.7 Å². The van der Waals surface area contributed by atoms with E-state index in [1.165, 1.54) is 62.5 Å². The van der Waals surface area contributed by atoms with Gasteiger partial charge in [-0.05, 0) is 47.0 Å². The third kappa shape index (κ3) is 11.8. The lowest BCUT2D eigenvalue weighted by atomic mass is 9.97. The van der Waals surface area contributed by atoms with Crippen molar-refractivity contribution in [2.24, 2.45) is 0 Å². The number of halogens is 1. The van der Waals surface area contributed by atoms with Gasteiger partial charge in [0, 0.05) is 0 Å². The van der Waals surface area contributed by atoms with Crippen LogP contribution < -0.4 is 0 Å². The summed E-state index contributed by atoms with van der Waals surface area (Å²) in [5.41, 5.74) is 2.70. The molecule has 152 valence electrons. The molecule has 0 saturated heterocycles. The zero-order valence-electron chi connectivity index (χ0n) is 18.2. The van der Waals surface area contributed by atoms with E-state index in [0.29, 0.717) is 0 Å². The summed E-state index contributed by atoms with van der Waals surface area (Å²) in [4.78, 5) is 0. The fraction of sp³-hybridized carbons (Fsp3) is 0.739. The smallest absolute Gasteiger partial charge is 0.0934 e. The van der Waals surface area contributed by atoms with Crippen LogP contribution in [0.25, 0.3) is 0 Å². The maximum absolute atomic E-state index is 10.6. The van der Waals surface area contributed by atoms with Crippen LogP contribution in [-0.4, -0.2) is 19.3 Å². The quantitative estimate of drug-likeness (QED) is 0.0853. The molecule has 0 aliphatic carbocycles. The highest BCUT2D eigenvalue weighted by Gasteiger charge is 2.21. The Hall–Kier alpha value is 0.127. The molecule has 3 heteroatoms. The van der Waals surface area contributed by atoms with Crippen LogP contribution >= 0.6 is 22.6 Å². The number of hydrogen-bond acceptors (Lipinski definition) is 1. The molecule has 0 rings (SSSR count). The van der Waals surface area contributed by atoms with Crippen LogP contribution in [0, 0.1) is 0 Å². The van der Waals surface area contributed by atoms with Gasteiger partial charge in [-0.25, -0.2) is 0 Å². The van der Waals surface area contributed by atoms with E-state index >= 15 is 0 Å². The molecule has 0 amide bonds. The molecule has 0 spiro atoms. The van der Waals surface area contributed by atoms with Crippen LogP contribution in [-0.2, 0) is 0 Å². The summed E-state index contributed by atoms with van der Waals surface area (Å²) >= 11 is 2.60. The number of aliphatic hydroxyl groups excluding tert-OH is 1. The number of aliphatic hydroxyl groups is 1. The second-order valence-electron chi connectivity index (χ2n) is 8.40. The molecule has 0 aromatic rings. The fourth-order valence-corrected chi connectivity index (χ4v) is 4.65. The van der Waals surface area contributed by atoms with E-state index < -0.39 is 14.2 Å². The first-order valence-electron chi connectivity index (χ1n) is 10.7. The molecule has 1 atom stereocenters. The van der Waals surface area contributed by atoms with E-state index in [-0.39, 0.29) is 0 Å². The van der Waals surface area contributed by atoms with E-state index in [4.69, 9.17) is 0 Å². The third-order valence-electron chi connectivity index (χ3n) is 4.67. The van der Waals surface area contributed by atoms with Gasteiger partial charge in [-0.3, -0.25) is 0 Å². The van der Waals surface area contributed by atoms with Crippen molar-refractivity contribution in [3.8, 4) is 0 Å². The summed E-state index contributed by atoms with van der Waals surface area (Å²) < 4.78 is 1.57. The molecule has 0 heterocycles. The van der Waals surface area contributed by atoms with Gasteiger partial charge in [-0.15, -0.1) is 0 Å². The average molecular weight is 491 g/mol. The summed E-state index contributed by atoms with van der Waals surface area (Å²) in [5, 5.41) is 10.6. The Bertz CT molecular complexity index is 457. The van der Waals surface area contributed by atoms with Crippen molar-refractivity contribution in [1.29, 1.82) is 0 Å². The molecule has 0 aromatic heterocycles. The molecule has 0 aliphatic heterocycles. The third-order valence-corrected chi connectivity index (χ3v) is 11.9. The Morgan fingerprint density at radius 2 is 1.46 bits per heavy atom. The van der Waals surface area contributed by atoms with Gasteiger partial charge in [-0.1, -0.05) is 113 Å². The predicted molar refractivity (Wildman–Crippen MR) is 131 cm³/mol. The Kier molecular flexibility index (Phi) is 15.2. The predicted octanol–water partition coefficient (Wildman–Crippen LogP) is 8.36. The topological polar surface area (TPSA) is 20.2 Å². The van der Waals surface area contributed by atoms with Gasteiger partial charge in [0.2, 0.25) is 0 Å². The molecule has 1 unspecified atom stereocenters. The van der Waals surface area contributed by atoms with Crippen molar-refractivity contribution < 1.29 is 5.11 Å². The van der Waals surface area contributed by atoms with E-state index in [1.54, 1.807) is 3.20 Å². The minimum atomic E-state index is -1.33. The SMILES string of the molecule is C/C=C/C(O)/C(=C\C(CCCCCC)=C(/I)[Si](C)(C)C)CCCCCC.